The molecule has 0 atom stereocenters. The minimum Gasteiger partial charge on any atom is -0.484 e. The van der Waals surface area contributed by atoms with Gasteiger partial charge in [0, 0.05) is 16.6 Å². The lowest BCUT2D eigenvalue weighted by atomic mass is 10.2. The number of ether oxygens (including phenoxy) is 1. The first-order valence-electron chi connectivity index (χ1n) is 5.82. The number of amides is 1. The molecule has 3 N–H and O–H groups in total. The number of carbonyl (C=O) groups excluding carboxylic acids is 1. The van der Waals surface area contributed by atoms with Gasteiger partial charge >= 0.3 is 0 Å². The first kappa shape index (κ1) is 14.4. The maximum Gasteiger partial charge on any atom is 0.258 e. The fourth-order valence-electron chi connectivity index (χ4n) is 1.43. The lowest BCUT2D eigenvalue weighted by Gasteiger charge is -2.07. The summed E-state index contributed by atoms with van der Waals surface area (Å²) in [5, 5.41) is 2.75. The van der Waals surface area contributed by atoms with Crippen LogP contribution in [0.2, 0.25) is 0 Å². The van der Waals surface area contributed by atoms with E-state index in [2.05, 4.69) is 10.3 Å². The van der Waals surface area contributed by atoms with Crippen molar-refractivity contribution in [1.82, 2.24) is 10.3 Å². The molecule has 0 bridgehead atoms. The van der Waals surface area contributed by atoms with Crippen LogP contribution in [-0.4, -0.2) is 22.5 Å². The molecule has 104 valence electrons. The van der Waals surface area contributed by atoms with E-state index in [0.717, 1.165) is 10.4 Å². The van der Waals surface area contributed by atoms with Crippen LogP contribution in [0.1, 0.15) is 10.4 Å². The summed E-state index contributed by atoms with van der Waals surface area (Å²) in [6.07, 6.45) is 1.72. The Morgan fingerprint density at radius 2 is 2.15 bits per heavy atom. The van der Waals surface area contributed by atoms with E-state index in [-0.39, 0.29) is 12.5 Å². The molecule has 2 aromatic rings. The zero-order valence-corrected chi connectivity index (χ0v) is 12.2. The van der Waals surface area contributed by atoms with Crippen LogP contribution in [0, 0.1) is 0 Å². The number of carbonyl (C=O) groups is 1. The van der Waals surface area contributed by atoms with Gasteiger partial charge in [-0.15, -0.1) is 11.3 Å². The number of aromatic nitrogens is 1. The summed E-state index contributed by atoms with van der Waals surface area (Å²) in [5.41, 5.74) is 7.98. The molecule has 0 saturated heterocycles. The third-order valence-electron chi connectivity index (χ3n) is 2.45. The van der Waals surface area contributed by atoms with E-state index in [1.54, 1.807) is 36.0 Å². The molecule has 1 heterocycles. The van der Waals surface area contributed by atoms with E-state index in [4.69, 9.17) is 22.7 Å². The standard InChI is InChI=1S/C13H13N3O2S2/c14-13(19)9-1-3-10(4-2-9)18-7-12(17)16-6-11-5-15-8-20-11/h1-5,8H,6-7H2,(H2,14,19)(H,16,17). The monoisotopic (exact) mass is 307 g/mol. The second-order valence-electron chi connectivity index (χ2n) is 3.92. The first-order valence-corrected chi connectivity index (χ1v) is 7.10. The number of thiocarbonyl (C=S) groups is 1. The van der Waals surface area contributed by atoms with Crippen LogP contribution in [-0.2, 0) is 11.3 Å². The molecular formula is C13H13N3O2S2. The molecule has 0 aliphatic heterocycles. The van der Waals surface area contributed by atoms with Crippen LogP contribution in [0.4, 0.5) is 0 Å². The molecule has 5 nitrogen and oxygen atoms in total. The lowest BCUT2D eigenvalue weighted by Crippen LogP contribution is -2.28. The topological polar surface area (TPSA) is 77.2 Å². The quantitative estimate of drug-likeness (QED) is 0.790. The molecular weight excluding hydrogens is 294 g/mol. The van der Waals surface area contributed by atoms with Crippen LogP contribution in [0.15, 0.2) is 36.0 Å². The van der Waals surface area contributed by atoms with Crippen LogP contribution in [0.3, 0.4) is 0 Å². The summed E-state index contributed by atoms with van der Waals surface area (Å²) in [6.45, 7) is 0.429. The Bertz CT molecular complexity index is 582. The fraction of sp³-hybridized carbons (Fsp3) is 0.154. The summed E-state index contributed by atoms with van der Waals surface area (Å²) >= 11 is 6.35. The van der Waals surface area contributed by atoms with E-state index in [1.165, 1.54) is 11.3 Å². The Balaban J connectivity index is 1.76. The highest BCUT2D eigenvalue weighted by molar-refractivity contribution is 7.80. The van der Waals surface area contributed by atoms with E-state index < -0.39 is 0 Å². The summed E-state index contributed by atoms with van der Waals surface area (Å²) in [4.78, 5) is 16.9. The summed E-state index contributed by atoms with van der Waals surface area (Å²) < 4.78 is 5.36. The van der Waals surface area contributed by atoms with Gasteiger partial charge in [-0.1, -0.05) is 12.2 Å². The van der Waals surface area contributed by atoms with Crippen molar-refractivity contribution in [2.45, 2.75) is 6.54 Å². The number of rotatable bonds is 6. The summed E-state index contributed by atoms with van der Waals surface area (Å²) in [5.74, 6) is 0.412. The fourth-order valence-corrected chi connectivity index (χ4v) is 2.10. The third kappa shape index (κ3) is 4.29. The molecule has 2 rings (SSSR count). The van der Waals surface area contributed by atoms with E-state index in [9.17, 15) is 4.79 Å². The average molecular weight is 307 g/mol. The summed E-state index contributed by atoms with van der Waals surface area (Å²) in [7, 11) is 0. The maximum absolute atomic E-state index is 11.6. The van der Waals surface area contributed by atoms with Crippen molar-refractivity contribution in [3.05, 3.63) is 46.4 Å². The van der Waals surface area contributed by atoms with Gasteiger partial charge < -0.3 is 15.8 Å². The molecule has 1 amide bonds. The van der Waals surface area contributed by atoms with Gasteiger partial charge in [0.05, 0.1) is 12.1 Å². The van der Waals surface area contributed by atoms with E-state index >= 15 is 0 Å². The van der Waals surface area contributed by atoms with Crippen molar-refractivity contribution >= 4 is 34.5 Å². The number of nitrogens with two attached hydrogens (primary N) is 1. The first-order chi connectivity index (χ1) is 9.65. The Kier molecular flexibility index (Phi) is 5.03. The van der Waals surface area contributed by atoms with Crippen molar-refractivity contribution in [3.63, 3.8) is 0 Å². The van der Waals surface area contributed by atoms with Crippen molar-refractivity contribution in [3.8, 4) is 5.75 Å². The van der Waals surface area contributed by atoms with Crippen molar-refractivity contribution in [1.29, 1.82) is 0 Å². The van der Waals surface area contributed by atoms with Crippen molar-refractivity contribution in [2.24, 2.45) is 5.73 Å². The second-order valence-corrected chi connectivity index (χ2v) is 5.33. The van der Waals surface area contributed by atoms with E-state index in [0.29, 0.717) is 17.3 Å². The molecule has 1 aromatic heterocycles. The molecule has 0 radical (unpaired) electrons. The van der Waals surface area contributed by atoms with Gasteiger partial charge in [0.15, 0.2) is 6.61 Å². The van der Waals surface area contributed by atoms with Gasteiger partial charge in [-0.25, -0.2) is 0 Å². The summed E-state index contributed by atoms with van der Waals surface area (Å²) in [6, 6.07) is 6.97. The predicted molar refractivity (Wildman–Crippen MR) is 81.8 cm³/mol. The smallest absolute Gasteiger partial charge is 0.258 e. The largest absolute Gasteiger partial charge is 0.484 e. The van der Waals surface area contributed by atoms with Crippen molar-refractivity contribution < 1.29 is 9.53 Å². The molecule has 1 aromatic carbocycles. The minimum atomic E-state index is -0.183. The van der Waals surface area contributed by atoms with Crippen molar-refractivity contribution in [2.75, 3.05) is 6.61 Å². The van der Waals surface area contributed by atoms with Gasteiger partial charge in [0.1, 0.15) is 10.7 Å². The van der Waals surface area contributed by atoms with Gasteiger partial charge in [0.25, 0.3) is 5.91 Å². The van der Waals surface area contributed by atoms with Crippen LogP contribution < -0.4 is 15.8 Å². The highest BCUT2D eigenvalue weighted by Gasteiger charge is 2.04. The van der Waals surface area contributed by atoms with Gasteiger partial charge in [-0.05, 0) is 24.3 Å². The van der Waals surface area contributed by atoms with Gasteiger partial charge in [-0.3, -0.25) is 9.78 Å². The Morgan fingerprint density at radius 1 is 1.40 bits per heavy atom. The molecule has 0 aliphatic rings. The van der Waals surface area contributed by atoms with E-state index in [1.807, 2.05) is 0 Å². The van der Waals surface area contributed by atoms with Crippen LogP contribution in [0.5, 0.6) is 5.75 Å². The highest BCUT2D eigenvalue weighted by Crippen LogP contribution is 2.12. The molecule has 7 heteroatoms. The average Bonchev–Trinajstić information content (AvgIpc) is 2.96. The maximum atomic E-state index is 11.6. The van der Waals surface area contributed by atoms with Crippen LogP contribution >= 0.6 is 23.6 Å². The molecule has 0 spiro atoms. The zero-order chi connectivity index (χ0) is 14.4. The SMILES string of the molecule is NC(=S)c1ccc(OCC(=O)NCc2cncs2)cc1. The highest BCUT2D eigenvalue weighted by atomic mass is 32.1. The zero-order valence-electron chi connectivity index (χ0n) is 10.5. The number of hydrogen-bond donors (Lipinski definition) is 2. The third-order valence-corrected chi connectivity index (χ3v) is 3.47. The number of benzene rings is 1. The molecule has 0 aliphatic carbocycles. The van der Waals surface area contributed by atoms with Gasteiger partial charge in [-0.2, -0.15) is 0 Å². The molecule has 0 unspecified atom stereocenters. The number of hydrogen-bond acceptors (Lipinski definition) is 5. The second kappa shape index (κ2) is 6.97. The number of nitrogens with zero attached hydrogens (tertiary/aromatic N) is 1. The lowest BCUT2D eigenvalue weighted by molar-refractivity contribution is -0.123. The molecule has 20 heavy (non-hydrogen) atoms. The molecule has 0 fully saturated rings. The number of nitrogens with one attached hydrogen (secondary N) is 1. The molecule has 0 saturated carbocycles. The minimum absolute atomic E-state index is 0.0365. The van der Waals surface area contributed by atoms with Crippen LogP contribution in [0.25, 0.3) is 0 Å². The predicted octanol–water partition coefficient (Wildman–Crippen LogP) is 1.47. The Labute approximate surface area is 125 Å². The number of thiazole rings is 1. The van der Waals surface area contributed by atoms with Gasteiger partial charge in [0.2, 0.25) is 0 Å². The Morgan fingerprint density at radius 3 is 2.75 bits per heavy atom. The normalized spacial score (nSPS) is 10.0. The Hall–Kier alpha value is -1.99.